The zero-order valence-electron chi connectivity index (χ0n) is 14.6. The number of H-pyrrole nitrogens is 1. The third-order valence-electron chi connectivity index (χ3n) is 4.19. The van der Waals surface area contributed by atoms with Gasteiger partial charge in [-0.25, -0.2) is 0 Å². The van der Waals surface area contributed by atoms with Crippen molar-refractivity contribution >= 4 is 34.0 Å². The number of hydrogen-bond donors (Lipinski definition) is 3. The normalized spacial score (nSPS) is 10.7. The Kier molecular flexibility index (Phi) is 7.50. The van der Waals surface area contributed by atoms with Gasteiger partial charge < -0.3 is 20.1 Å². The second kappa shape index (κ2) is 9.62. The van der Waals surface area contributed by atoms with E-state index in [1.54, 1.807) is 13.2 Å². The number of fused-ring (bicyclic) bond motifs is 1. The van der Waals surface area contributed by atoms with Crippen molar-refractivity contribution in [3.63, 3.8) is 0 Å². The molecule has 3 aromatic rings. The molecule has 2 aromatic carbocycles. The first-order chi connectivity index (χ1) is 12.2. The summed E-state index contributed by atoms with van der Waals surface area (Å²) in [4.78, 5) is 14.1. The number of phenolic OH excluding ortho intramolecular Hbond substituents is 1. The Bertz CT molecular complexity index is 890. The predicted molar refractivity (Wildman–Crippen MR) is 109 cm³/mol. The molecule has 0 amide bonds. The highest BCUT2D eigenvalue weighted by molar-refractivity contribution is 7.16. The molecule has 0 radical (unpaired) electrons. The van der Waals surface area contributed by atoms with Gasteiger partial charge in [-0.05, 0) is 61.7 Å². The number of methoxy groups -OCH3 is 1. The summed E-state index contributed by atoms with van der Waals surface area (Å²) in [6, 6.07) is 11.7. The molecular formula is C19H23ClN2O3S. The molecular weight excluding hydrogens is 372 g/mol. The topological polar surface area (TPSA) is 74.3 Å². The van der Waals surface area contributed by atoms with Gasteiger partial charge in [0.15, 0.2) is 0 Å². The number of phenols is 1. The molecule has 0 spiro atoms. The van der Waals surface area contributed by atoms with Crippen LogP contribution in [0.2, 0.25) is 0 Å². The van der Waals surface area contributed by atoms with Gasteiger partial charge >= 0.3 is 4.87 Å². The summed E-state index contributed by atoms with van der Waals surface area (Å²) in [6.45, 7) is 1.78. The number of rotatable bonds is 8. The van der Waals surface area contributed by atoms with Gasteiger partial charge in [-0.2, -0.15) is 0 Å². The first kappa shape index (κ1) is 20.3. The van der Waals surface area contributed by atoms with E-state index in [9.17, 15) is 9.90 Å². The Morgan fingerprint density at radius 3 is 2.62 bits per heavy atom. The van der Waals surface area contributed by atoms with Crippen molar-refractivity contribution in [2.75, 3.05) is 20.2 Å². The minimum absolute atomic E-state index is 0. The maximum Gasteiger partial charge on any atom is 0.305 e. The van der Waals surface area contributed by atoms with E-state index < -0.39 is 0 Å². The molecule has 1 aromatic heterocycles. The number of aromatic nitrogens is 1. The number of nitrogens with one attached hydrogen (secondary N) is 2. The molecule has 3 N–H and O–H groups in total. The molecule has 0 aliphatic rings. The van der Waals surface area contributed by atoms with Crippen molar-refractivity contribution in [3.8, 4) is 11.5 Å². The average molecular weight is 395 g/mol. The summed E-state index contributed by atoms with van der Waals surface area (Å²) >= 11 is 1.15. The molecule has 0 bridgehead atoms. The predicted octanol–water partition coefficient (Wildman–Crippen LogP) is 3.49. The maximum atomic E-state index is 11.5. The zero-order chi connectivity index (χ0) is 17.6. The fourth-order valence-electron chi connectivity index (χ4n) is 2.83. The van der Waals surface area contributed by atoms with E-state index in [4.69, 9.17) is 4.74 Å². The van der Waals surface area contributed by atoms with E-state index in [0.717, 1.165) is 59.7 Å². The van der Waals surface area contributed by atoms with Gasteiger partial charge in [0, 0.05) is 0 Å². The van der Waals surface area contributed by atoms with Crippen LogP contribution >= 0.6 is 23.7 Å². The van der Waals surface area contributed by atoms with Crippen LogP contribution in [-0.4, -0.2) is 30.3 Å². The molecule has 140 valence electrons. The fourth-order valence-corrected chi connectivity index (χ4v) is 3.73. The first-order valence-corrected chi connectivity index (χ1v) is 9.16. The van der Waals surface area contributed by atoms with Crippen LogP contribution in [0, 0.1) is 0 Å². The molecule has 1 heterocycles. The van der Waals surface area contributed by atoms with Crippen LogP contribution in [0.4, 0.5) is 0 Å². The number of aromatic hydroxyl groups is 1. The number of halogens is 1. The smallest absolute Gasteiger partial charge is 0.305 e. The summed E-state index contributed by atoms with van der Waals surface area (Å²) in [6.07, 6.45) is 2.92. The number of aryl methyl sites for hydroxylation is 1. The van der Waals surface area contributed by atoms with E-state index >= 15 is 0 Å². The number of hydrogen-bond acceptors (Lipinski definition) is 5. The standard InChI is InChI=1S/C19H22N2O3S.ClH/c1-24-15-7-4-13(5-8-15)3-2-11-20-12-10-14-6-9-16(22)17-18(14)25-19(23)21-17;/h4-9,20,22H,2-3,10-12H2,1H3,(H,21,23);1H. The SMILES string of the molecule is COc1ccc(CCCNCCc2ccc(O)c3[nH]c(=O)sc23)cc1.Cl. The van der Waals surface area contributed by atoms with Gasteiger partial charge in [0.05, 0.1) is 11.8 Å². The van der Waals surface area contributed by atoms with Gasteiger partial charge in [-0.3, -0.25) is 4.79 Å². The monoisotopic (exact) mass is 394 g/mol. The lowest BCUT2D eigenvalue weighted by molar-refractivity contribution is 0.414. The second-order valence-electron chi connectivity index (χ2n) is 5.91. The average Bonchev–Trinajstić information content (AvgIpc) is 3.03. The Labute approximate surface area is 162 Å². The Hall–Kier alpha value is -2.02. The molecule has 26 heavy (non-hydrogen) atoms. The number of thiazole rings is 1. The molecule has 5 nitrogen and oxygen atoms in total. The van der Waals surface area contributed by atoms with E-state index in [1.165, 1.54) is 5.56 Å². The molecule has 3 rings (SSSR count). The van der Waals surface area contributed by atoms with Crippen LogP contribution in [0.15, 0.2) is 41.2 Å². The van der Waals surface area contributed by atoms with E-state index in [2.05, 4.69) is 22.4 Å². The molecule has 0 saturated carbocycles. The third kappa shape index (κ3) is 5.00. The lowest BCUT2D eigenvalue weighted by atomic mass is 10.1. The summed E-state index contributed by atoms with van der Waals surface area (Å²) in [5.41, 5.74) is 2.94. The van der Waals surface area contributed by atoms with Crippen LogP contribution < -0.4 is 14.9 Å². The van der Waals surface area contributed by atoms with Crippen molar-refractivity contribution in [2.24, 2.45) is 0 Å². The summed E-state index contributed by atoms with van der Waals surface area (Å²) in [5, 5.41) is 13.2. The maximum absolute atomic E-state index is 11.5. The molecule has 0 aliphatic carbocycles. The fraction of sp³-hybridized carbons (Fsp3) is 0.316. The largest absolute Gasteiger partial charge is 0.506 e. The minimum Gasteiger partial charge on any atom is -0.506 e. The van der Waals surface area contributed by atoms with Crippen LogP contribution in [0.1, 0.15) is 17.5 Å². The zero-order valence-corrected chi connectivity index (χ0v) is 16.2. The quantitative estimate of drug-likeness (QED) is 0.511. The van der Waals surface area contributed by atoms with Crippen molar-refractivity contribution in [2.45, 2.75) is 19.3 Å². The summed E-state index contributed by atoms with van der Waals surface area (Å²) < 4.78 is 6.01. The Morgan fingerprint density at radius 2 is 1.88 bits per heavy atom. The number of ether oxygens (including phenoxy) is 1. The molecule has 0 fully saturated rings. The van der Waals surface area contributed by atoms with Gasteiger partial charge in [-0.1, -0.05) is 29.5 Å². The van der Waals surface area contributed by atoms with Crippen molar-refractivity contribution in [1.29, 1.82) is 0 Å². The van der Waals surface area contributed by atoms with Crippen LogP contribution in [0.25, 0.3) is 10.2 Å². The minimum atomic E-state index is -0.134. The van der Waals surface area contributed by atoms with E-state index in [1.807, 2.05) is 18.2 Å². The van der Waals surface area contributed by atoms with Crippen LogP contribution in [-0.2, 0) is 12.8 Å². The molecule has 0 unspecified atom stereocenters. The first-order valence-electron chi connectivity index (χ1n) is 8.34. The van der Waals surface area contributed by atoms with Crippen LogP contribution in [0.3, 0.4) is 0 Å². The number of aromatic amines is 1. The van der Waals surface area contributed by atoms with Crippen LogP contribution in [0.5, 0.6) is 11.5 Å². The van der Waals surface area contributed by atoms with Crippen molar-refractivity contribution in [1.82, 2.24) is 10.3 Å². The summed E-state index contributed by atoms with van der Waals surface area (Å²) in [5.74, 6) is 1.01. The van der Waals surface area contributed by atoms with Crippen molar-refractivity contribution in [3.05, 3.63) is 57.2 Å². The molecule has 7 heteroatoms. The van der Waals surface area contributed by atoms with Gasteiger partial charge in [0.1, 0.15) is 17.0 Å². The van der Waals surface area contributed by atoms with E-state index in [-0.39, 0.29) is 23.0 Å². The van der Waals surface area contributed by atoms with E-state index in [0.29, 0.717) is 5.52 Å². The second-order valence-corrected chi connectivity index (χ2v) is 6.90. The Morgan fingerprint density at radius 1 is 1.12 bits per heavy atom. The van der Waals surface area contributed by atoms with Crippen molar-refractivity contribution < 1.29 is 9.84 Å². The summed E-state index contributed by atoms with van der Waals surface area (Å²) in [7, 11) is 1.67. The molecule has 0 saturated heterocycles. The van der Waals surface area contributed by atoms with Gasteiger partial charge in [0.25, 0.3) is 0 Å². The molecule has 0 atom stereocenters. The Balaban J connectivity index is 0.00000243. The van der Waals surface area contributed by atoms with Gasteiger partial charge in [-0.15, -0.1) is 12.4 Å². The van der Waals surface area contributed by atoms with Gasteiger partial charge in [0.2, 0.25) is 0 Å². The highest BCUT2D eigenvalue weighted by atomic mass is 35.5. The lowest BCUT2D eigenvalue weighted by Crippen LogP contribution is -2.19. The number of benzene rings is 2. The highest BCUT2D eigenvalue weighted by Gasteiger charge is 2.09. The highest BCUT2D eigenvalue weighted by Crippen LogP contribution is 2.27. The molecule has 0 aliphatic heterocycles. The third-order valence-corrected chi connectivity index (χ3v) is 5.15. The lowest BCUT2D eigenvalue weighted by Gasteiger charge is -2.07.